The highest BCUT2D eigenvalue weighted by atomic mass is 19.2. The van der Waals surface area contributed by atoms with Crippen molar-refractivity contribution < 1.29 is 26.7 Å². The highest BCUT2D eigenvalue weighted by Crippen LogP contribution is 2.18. The van der Waals surface area contributed by atoms with E-state index in [4.69, 9.17) is 0 Å². The number of halogens is 5. The third kappa shape index (κ3) is 2.86. The fourth-order valence-electron chi connectivity index (χ4n) is 1.98. The molecule has 110 valence electrons. The average molecular weight is 300 g/mol. The molecule has 0 aromatic heterocycles. The summed E-state index contributed by atoms with van der Waals surface area (Å²) in [5.74, 6) is -6.05. The Bertz CT molecular complexity index is 702. The quantitative estimate of drug-likeness (QED) is 0.479. The van der Waals surface area contributed by atoms with E-state index in [9.17, 15) is 22.0 Å². The molecule has 1 nitrogen and oxygen atoms in total. The van der Waals surface area contributed by atoms with Crippen LogP contribution < -0.4 is 15.7 Å². The van der Waals surface area contributed by atoms with Crippen LogP contribution in [-0.4, -0.2) is 14.4 Å². The molecule has 0 saturated carbocycles. The third-order valence-corrected chi connectivity index (χ3v) is 3.13. The first-order valence-electron chi connectivity index (χ1n) is 6.00. The van der Waals surface area contributed by atoms with Crippen molar-refractivity contribution in [3.8, 4) is 5.75 Å². The molecular weight excluding hydrogens is 290 g/mol. The monoisotopic (exact) mass is 300 g/mol. The van der Waals surface area contributed by atoms with Crippen LogP contribution in [-0.2, 0) is 0 Å². The van der Waals surface area contributed by atoms with E-state index in [2.05, 4.69) is 4.74 Å². The second-order valence-corrected chi connectivity index (χ2v) is 4.54. The van der Waals surface area contributed by atoms with Crippen molar-refractivity contribution in [2.75, 3.05) is 7.11 Å². The van der Waals surface area contributed by atoms with Crippen LogP contribution in [0.2, 0.25) is 0 Å². The number of rotatable bonds is 3. The summed E-state index contributed by atoms with van der Waals surface area (Å²) in [5, 5.41) is 0. The number of methoxy groups -OCH3 is 1. The van der Waals surface area contributed by atoms with E-state index >= 15 is 0 Å². The SMILES string of the molecule is COc1cc(F)c(F)c(Bc2cc(C)c(F)cc2F)c1F. The maximum atomic E-state index is 14.0. The molecule has 0 unspecified atom stereocenters. The van der Waals surface area contributed by atoms with E-state index in [-0.39, 0.29) is 11.0 Å². The zero-order chi connectivity index (χ0) is 15.7. The van der Waals surface area contributed by atoms with Gasteiger partial charge in [0.25, 0.3) is 0 Å². The van der Waals surface area contributed by atoms with E-state index in [0.29, 0.717) is 12.1 Å². The lowest BCUT2D eigenvalue weighted by atomic mass is 9.63. The zero-order valence-electron chi connectivity index (χ0n) is 11.2. The Labute approximate surface area is 118 Å². The van der Waals surface area contributed by atoms with Crippen molar-refractivity contribution in [1.29, 1.82) is 0 Å². The number of benzene rings is 2. The fraction of sp³-hybridized carbons (Fsp3) is 0.143. The molecule has 2 aromatic carbocycles. The molecule has 0 aliphatic carbocycles. The molecule has 0 N–H and O–H groups in total. The minimum Gasteiger partial charge on any atom is -0.494 e. The predicted molar refractivity (Wildman–Crippen MR) is 70.4 cm³/mol. The highest BCUT2D eigenvalue weighted by molar-refractivity contribution is 6.67. The van der Waals surface area contributed by atoms with E-state index in [1.165, 1.54) is 6.92 Å². The van der Waals surface area contributed by atoms with Gasteiger partial charge in [0.15, 0.2) is 23.2 Å². The van der Waals surface area contributed by atoms with E-state index in [0.717, 1.165) is 13.2 Å². The maximum absolute atomic E-state index is 14.0. The van der Waals surface area contributed by atoms with Gasteiger partial charge in [0, 0.05) is 12.1 Å². The van der Waals surface area contributed by atoms with Gasteiger partial charge in [-0.1, -0.05) is 6.07 Å². The van der Waals surface area contributed by atoms with Crippen molar-refractivity contribution in [2.24, 2.45) is 0 Å². The Morgan fingerprint density at radius 2 is 1.52 bits per heavy atom. The summed E-state index contributed by atoms with van der Waals surface area (Å²) in [6.45, 7) is 1.39. The van der Waals surface area contributed by atoms with Crippen LogP contribution in [0.15, 0.2) is 18.2 Å². The minimum absolute atomic E-state index is 0.121. The maximum Gasteiger partial charge on any atom is 0.204 e. The van der Waals surface area contributed by atoms with Crippen LogP contribution in [0.5, 0.6) is 5.75 Å². The number of hydrogen-bond donors (Lipinski definition) is 0. The Balaban J connectivity index is 2.54. The van der Waals surface area contributed by atoms with Crippen molar-refractivity contribution >= 4 is 18.2 Å². The van der Waals surface area contributed by atoms with E-state index < -0.39 is 47.6 Å². The molecule has 2 aromatic rings. The summed E-state index contributed by atoms with van der Waals surface area (Å²) in [5.41, 5.74) is -0.688. The van der Waals surface area contributed by atoms with Gasteiger partial charge in [0.2, 0.25) is 7.28 Å². The molecular formula is C14H10BF5O. The summed E-state index contributed by atoms with van der Waals surface area (Å²) < 4.78 is 72.5. The van der Waals surface area contributed by atoms with Gasteiger partial charge in [0.05, 0.1) is 7.11 Å². The van der Waals surface area contributed by atoms with Crippen LogP contribution in [0.1, 0.15) is 5.56 Å². The molecule has 0 saturated heterocycles. The first-order valence-corrected chi connectivity index (χ1v) is 6.00. The second kappa shape index (κ2) is 5.75. The summed E-state index contributed by atoms with van der Waals surface area (Å²) in [6, 6.07) is 2.32. The molecule has 0 radical (unpaired) electrons. The van der Waals surface area contributed by atoms with Gasteiger partial charge >= 0.3 is 0 Å². The van der Waals surface area contributed by atoms with Crippen molar-refractivity contribution in [3.63, 3.8) is 0 Å². The Morgan fingerprint density at radius 3 is 2.14 bits per heavy atom. The molecule has 0 spiro atoms. The van der Waals surface area contributed by atoms with Crippen LogP contribution >= 0.6 is 0 Å². The van der Waals surface area contributed by atoms with Gasteiger partial charge in [-0.3, -0.25) is 0 Å². The van der Waals surface area contributed by atoms with Crippen LogP contribution in [0.3, 0.4) is 0 Å². The van der Waals surface area contributed by atoms with Gasteiger partial charge in [-0.2, -0.15) is 0 Å². The second-order valence-electron chi connectivity index (χ2n) is 4.54. The lowest BCUT2D eigenvalue weighted by Crippen LogP contribution is -2.35. The van der Waals surface area contributed by atoms with Gasteiger partial charge < -0.3 is 4.74 Å². The Morgan fingerprint density at radius 1 is 0.857 bits per heavy atom. The van der Waals surface area contributed by atoms with Crippen LogP contribution in [0.4, 0.5) is 22.0 Å². The lowest BCUT2D eigenvalue weighted by molar-refractivity contribution is 0.379. The van der Waals surface area contributed by atoms with Gasteiger partial charge in [-0.05, 0) is 23.4 Å². The summed E-state index contributed by atoms with van der Waals surface area (Å²) in [6.07, 6.45) is 0. The average Bonchev–Trinajstić information content (AvgIpc) is 2.44. The Kier molecular flexibility index (Phi) is 4.20. The molecule has 0 amide bonds. The zero-order valence-corrected chi connectivity index (χ0v) is 11.2. The number of ether oxygens (including phenoxy) is 1. The Hall–Kier alpha value is -2.05. The lowest BCUT2D eigenvalue weighted by Gasteiger charge is -2.10. The standard InChI is InChI=1S/C14H10BF5O/c1-6-3-7(9(17)4-8(6)16)15-12-13(19)10(18)5-11(21-2)14(12)20/h3-5,15H,1-2H3. The number of hydrogen-bond acceptors (Lipinski definition) is 1. The predicted octanol–water partition coefficient (Wildman–Crippen LogP) is 2.09. The molecule has 0 aliphatic heterocycles. The number of aryl methyl sites for hydroxylation is 1. The molecule has 0 atom stereocenters. The summed E-state index contributed by atoms with van der Waals surface area (Å²) in [4.78, 5) is 0. The fourth-order valence-corrected chi connectivity index (χ4v) is 1.98. The first kappa shape index (κ1) is 15.3. The molecule has 21 heavy (non-hydrogen) atoms. The normalized spacial score (nSPS) is 10.6. The molecule has 0 heterocycles. The molecule has 2 rings (SSSR count). The molecule has 0 aliphatic rings. The molecule has 0 bridgehead atoms. The summed E-state index contributed by atoms with van der Waals surface area (Å²) >= 11 is 0. The van der Waals surface area contributed by atoms with Gasteiger partial charge in [0.1, 0.15) is 11.6 Å². The highest BCUT2D eigenvalue weighted by Gasteiger charge is 2.22. The van der Waals surface area contributed by atoms with Crippen molar-refractivity contribution in [2.45, 2.75) is 6.92 Å². The summed E-state index contributed by atoms with van der Waals surface area (Å²) in [7, 11) is 0.543. The third-order valence-electron chi connectivity index (χ3n) is 3.13. The van der Waals surface area contributed by atoms with Crippen molar-refractivity contribution in [1.82, 2.24) is 0 Å². The van der Waals surface area contributed by atoms with Crippen LogP contribution in [0.25, 0.3) is 0 Å². The largest absolute Gasteiger partial charge is 0.494 e. The van der Waals surface area contributed by atoms with Gasteiger partial charge in [-0.25, -0.2) is 22.0 Å². The molecule has 0 fully saturated rings. The van der Waals surface area contributed by atoms with Crippen LogP contribution in [0, 0.1) is 36.0 Å². The van der Waals surface area contributed by atoms with E-state index in [1.54, 1.807) is 0 Å². The minimum atomic E-state index is -1.42. The molecule has 7 heteroatoms. The van der Waals surface area contributed by atoms with E-state index in [1.807, 2.05) is 0 Å². The first-order chi connectivity index (χ1) is 9.85. The smallest absolute Gasteiger partial charge is 0.204 e. The van der Waals surface area contributed by atoms with Crippen molar-refractivity contribution in [3.05, 3.63) is 52.8 Å². The van der Waals surface area contributed by atoms with Gasteiger partial charge in [-0.15, -0.1) is 0 Å². The topological polar surface area (TPSA) is 9.23 Å².